The summed E-state index contributed by atoms with van der Waals surface area (Å²) < 4.78 is 5.90. The molecule has 0 fully saturated rings. The highest BCUT2D eigenvalue weighted by atomic mass is 16.5. The van der Waals surface area contributed by atoms with E-state index in [0.29, 0.717) is 24.5 Å². The Hall–Kier alpha value is -3.21. The molecule has 0 spiro atoms. The molecule has 0 radical (unpaired) electrons. The Morgan fingerprint density at radius 1 is 1.00 bits per heavy atom. The molecule has 1 N–H and O–H groups in total. The van der Waals surface area contributed by atoms with E-state index < -0.39 is 0 Å². The van der Waals surface area contributed by atoms with Crippen molar-refractivity contribution in [2.24, 2.45) is 0 Å². The predicted molar refractivity (Wildman–Crippen MR) is 95.2 cm³/mol. The van der Waals surface area contributed by atoms with Crippen LogP contribution in [0.3, 0.4) is 0 Å². The number of rotatable bonds is 6. The number of nitrogens with zero attached hydrogens (tertiary/aromatic N) is 2. The fourth-order valence-electron chi connectivity index (χ4n) is 2.31. The zero-order valence-corrected chi connectivity index (χ0v) is 14.0. The lowest BCUT2D eigenvalue weighted by Gasteiger charge is -2.12. The molecule has 126 valence electrons. The van der Waals surface area contributed by atoms with Crippen molar-refractivity contribution in [1.82, 2.24) is 15.3 Å². The fraction of sp³-hybridized carbons (Fsp3) is 0.150. The molecule has 0 aliphatic heterocycles. The van der Waals surface area contributed by atoms with Gasteiger partial charge in [0.15, 0.2) is 0 Å². The van der Waals surface area contributed by atoms with Crippen LogP contribution in [0.5, 0.6) is 5.75 Å². The van der Waals surface area contributed by atoms with Crippen molar-refractivity contribution in [3.05, 3.63) is 89.5 Å². The van der Waals surface area contributed by atoms with Crippen molar-refractivity contribution in [3.8, 4) is 5.75 Å². The topological polar surface area (TPSA) is 64.1 Å². The number of benzene rings is 2. The first-order valence-electron chi connectivity index (χ1n) is 8.04. The minimum atomic E-state index is -0.210. The molecule has 3 rings (SSSR count). The molecule has 1 amide bonds. The highest BCUT2D eigenvalue weighted by Crippen LogP contribution is 2.19. The van der Waals surface area contributed by atoms with Crippen LogP contribution >= 0.6 is 0 Å². The second-order valence-electron chi connectivity index (χ2n) is 5.58. The summed E-state index contributed by atoms with van der Waals surface area (Å²) in [6.07, 6.45) is 3.05. The Morgan fingerprint density at radius 2 is 1.68 bits per heavy atom. The van der Waals surface area contributed by atoms with Gasteiger partial charge < -0.3 is 10.1 Å². The molecule has 1 heterocycles. The monoisotopic (exact) mass is 333 g/mol. The van der Waals surface area contributed by atoms with E-state index in [9.17, 15) is 4.79 Å². The van der Waals surface area contributed by atoms with Crippen LogP contribution in [0, 0.1) is 6.92 Å². The van der Waals surface area contributed by atoms with E-state index in [1.807, 2.05) is 54.6 Å². The SMILES string of the molecule is Cc1ncc(C(=O)NCc2ccccc2OCc2ccccc2)cn1. The van der Waals surface area contributed by atoms with Crippen molar-refractivity contribution >= 4 is 5.91 Å². The third-order valence-corrected chi connectivity index (χ3v) is 3.69. The number of aryl methyl sites for hydroxylation is 1. The molecule has 0 aliphatic carbocycles. The van der Waals surface area contributed by atoms with Crippen molar-refractivity contribution < 1.29 is 9.53 Å². The van der Waals surface area contributed by atoms with Crippen molar-refractivity contribution in [2.45, 2.75) is 20.1 Å². The van der Waals surface area contributed by atoms with E-state index in [1.54, 1.807) is 6.92 Å². The van der Waals surface area contributed by atoms with Crippen LogP contribution in [0.1, 0.15) is 27.3 Å². The summed E-state index contributed by atoms with van der Waals surface area (Å²) in [5.74, 6) is 1.18. The fourth-order valence-corrected chi connectivity index (χ4v) is 2.31. The third kappa shape index (κ3) is 4.64. The number of carbonyl (C=O) groups excluding carboxylic acids is 1. The second-order valence-corrected chi connectivity index (χ2v) is 5.58. The van der Waals surface area contributed by atoms with Gasteiger partial charge in [0.1, 0.15) is 18.2 Å². The minimum Gasteiger partial charge on any atom is -0.489 e. The van der Waals surface area contributed by atoms with E-state index in [4.69, 9.17) is 4.74 Å². The highest BCUT2D eigenvalue weighted by molar-refractivity contribution is 5.93. The van der Waals surface area contributed by atoms with Gasteiger partial charge in [-0.25, -0.2) is 9.97 Å². The summed E-state index contributed by atoms with van der Waals surface area (Å²) in [6.45, 7) is 2.64. The lowest BCUT2D eigenvalue weighted by Crippen LogP contribution is -2.23. The van der Waals surface area contributed by atoms with Crippen LogP contribution in [0.15, 0.2) is 67.0 Å². The summed E-state index contributed by atoms with van der Waals surface area (Å²) in [5, 5.41) is 2.87. The Morgan fingerprint density at radius 3 is 2.44 bits per heavy atom. The van der Waals surface area contributed by atoms with Crippen LogP contribution in [0.2, 0.25) is 0 Å². The average Bonchev–Trinajstić information content (AvgIpc) is 2.66. The first-order chi connectivity index (χ1) is 12.2. The van der Waals surface area contributed by atoms with Gasteiger partial charge in [0.25, 0.3) is 5.91 Å². The molecular weight excluding hydrogens is 314 g/mol. The zero-order valence-electron chi connectivity index (χ0n) is 14.0. The van der Waals surface area contributed by atoms with Crippen molar-refractivity contribution in [3.63, 3.8) is 0 Å². The molecule has 3 aromatic rings. The lowest BCUT2D eigenvalue weighted by molar-refractivity contribution is 0.0950. The molecule has 0 bridgehead atoms. The van der Waals surface area contributed by atoms with Gasteiger partial charge in [-0.15, -0.1) is 0 Å². The molecule has 0 saturated carbocycles. The Kier molecular flexibility index (Phi) is 5.36. The second kappa shape index (κ2) is 8.06. The third-order valence-electron chi connectivity index (χ3n) is 3.69. The van der Waals surface area contributed by atoms with E-state index in [-0.39, 0.29) is 5.91 Å². The number of aromatic nitrogens is 2. The van der Waals surface area contributed by atoms with Gasteiger partial charge in [-0.1, -0.05) is 48.5 Å². The van der Waals surface area contributed by atoms with Gasteiger partial charge in [-0.2, -0.15) is 0 Å². The average molecular weight is 333 g/mol. The molecule has 5 nitrogen and oxygen atoms in total. The van der Waals surface area contributed by atoms with Gasteiger partial charge in [-0.3, -0.25) is 4.79 Å². The summed E-state index contributed by atoms with van der Waals surface area (Å²) in [5.41, 5.74) is 2.45. The maximum Gasteiger partial charge on any atom is 0.254 e. The molecule has 2 aromatic carbocycles. The van der Waals surface area contributed by atoms with Gasteiger partial charge in [0.05, 0.1) is 5.56 Å². The first-order valence-corrected chi connectivity index (χ1v) is 8.04. The van der Waals surface area contributed by atoms with E-state index in [0.717, 1.165) is 16.9 Å². The Balaban J connectivity index is 1.62. The number of carbonyl (C=O) groups is 1. The van der Waals surface area contributed by atoms with Gasteiger partial charge in [0, 0.05) is 24.5 Å². The Labute approximate surface area is 146 Å². The first kappa shape index (κ1) is 16.6. The van der Waals surface area contributed by atoms with Crippen LogP contribution in [0.25, 0.3) is 0 Å². The molecular formula is C20H19N3O2. The zero-order chi connectivity index (χ0) is 17.5. The summed E-state index contributed by atoms with van der Waals surface area (Å²) in [7, 11) is 0. The molecule has 0 unspecified atom stereocenters. The van der Waals surface area contributed by atoms with Crippen LogP contribution in [-0.2, 0) is 13.2 Å². The molecule has 25 heavy (non-hydrogen) atoms. The smallest absolute Gasteiger partial charge is 0.254 e. The quantitative estimate of drug-likeness (QED) is 0.752. The van der Waals surface area contributed by atoms with E-state index >= 15 is 0 Å². The lowest BCUT2D eigenvalue weighted by atomic mass is 10.2. The largest absolute Gasteiger partial charge is 0.489 e. The number of hydrogen-bond donors (Lipinski definition) is 1. The summed E-state index contributed by atoms with van der Waals surface area (Å²) >= 11 is 0. The standard InChI is InChI=1S/C20H19N3O2/c1-15-21-12-18(13-22-15)20(24)23-11-17-9-5-6-10-19(17)25-14-16-7-3-2-4-8-16/h2-10,12-13H,11,14H2,1H3,(H,23,24). The highest BCUT2D eigenvalue weighted by Gasteiger charge is 2.09. The van der Waals surface area contributed by atoms with Crippen LogP contribution in [-0.4, -0.2) is 15.9 Å². The molecule has 0 aliphatic rings. The van der Waals surface area contributed by atoms with Crippen LogP contribution in [0.4, 0.5) is 0 Å². The number of ether oxygens (including phenoxy) is 1. The van der Waals surface area contributed by atoms with Crippen LogP contribution < -0.4 is 10.1 Å². The summed E-state index contributed by atoms with van der Waals surface area (Å²) in [6, 6.07) is 17.6. The molecule has 1 aromatic heterocycles. The molecule has 5 heteroatoms. The maximum atomic E-state index is 12.2. The maximum absolute atomic E-state index is 12.2. The van der Waals surface area contributed by atoms with Crippen molar-refractivity contribution in [1.29, 1.82) is 0 Å². The van der Waals surface area contributed by atoms with E-state index in [2.05, 4.69) is 15.3 Å². The number of nitrogens with one attached hydrogen (secondary N) is 1. The van der Waals surface area contributed by atoms with Gasteiger partial charge in [0.2, 0.25) is 0 Å². The predicted octanol–water partition coefficient (Wildman–Crippen LogP) is 3.29. The van der Waals surface area contributed by atoms with E-state index in [1.165, 1.54) is 12.4 Å². The van der Waals surface area contributed by atoms with Gasteiger partial charge >= 0.3 is 0 Å². The normalized spacial score (nSPS) is 10.3. The molecule has 0 saturated heterocycles. The minimum absolute atomic E-state index is 0.210. The summed E-state index contributed by atoms with van der Waals surface area (Å²) in [4.78, 5) is 20.3. The number of hydrogen-bond acceptors (Lipinski definition) is 4. The van der Waals surface area contributed by atoms with Crippen molar-refractivity contribution in [2.75, 3.05) is 0 Å². The Bertz CT molecular complexity index is 833. The number of para-hydroxylation sites is 1. The number of amides is 1. The van der Waals surface area contributed by atoms with Gasteiger partial charge in [-0.05, 0) is 18.6 Å². The molecule has 0 atom stereocenters.